The minimum Gasteiger partial charge on any atom is -0.372 e. The molecule has 1 aromatic rings. The van der Waals surface area contributed by atoms with Crippen molar-refractivity contribution in [3.8, 4) is 0 Å². The molecule has 6 nitrogen and oxygen atoms in total. The summed E-state index contributed by atoms with van der Waals surface area (Å²) in [5, 5.41) is 0.540. The smallest absolute Gasteiger partial charge is 0.244 e. The molecule has 1 amide bonds. The molecule has 2 heterocycles. The van der Waals surface area contributed by atoms with Crippen LogP contribution in [-0.4, -0.2) is 55.4 Å². The molecule has 3 rings (SSSR count). The molecule has 25 heavy (non-hydrogen) atoms. The van der Waals surface area contributed by atoms with Gasteiger partial charge in [0.05, 0.1) is 17.5 Å². The first-order chi connectivity index (χ1) is 11.8. The van der Waals surface area contributed by atoms with Crippen molar-refractivity contribution in [3.05, 3.63) is 24.3 Å². The van der Waals surface area contributed by atoms with Gasteiger partial charge in [-0.05, 0) is 38.1 Å². The Bertz CT molecular complexity index is 786. The average molecular weight is 382 g/mol. The van der Waals surface area contributed by atoms with Crippen molar-refractivity contribution in [1.29, 1.82) is 0 Å². The van der Waals surface area contributed by atoms with Crippen LogP contribution in [0.2, 0.25) is 0 Å². The SMILES string of the molecule is CCN(CC)c1ccc(N2C(=NC(C)=O)S[C@H]3CS(=O)(=O)C[C@H]32)cc1. The highest BCUT2D eigenvalue weighted by Gasteiger charge is 2.49. The second kappa shape index (κ2) is 6.99. The zero-order chi connectivity index (χ0) is 18.2. The number of carbonyl (C=O) groups excluding carboxylic acids is 1. The molecule has 8 heteroatoms. The number of anilines is 2. The Hall–Kier alpha value is -1.54. The van der Waals surface area contributed by atoms with Crippen LogP contribution in [0.3, 0.4) is 0 Å². The highest BCUT2D eigenvalue weighted by Crippen LogP contribution is 2.41. The van der Waals surface area contributed by atoms with Crippen molar-refractivity contribution in [2.45, 2.75) is 32.1 Å². The minimum atomic E-state index is -3.04. The molecule has 0 aromatic heterocycles. The molecule has 0 radical (unpaired) electrons. The summed E-state index contributed by atoms with van der Waals surface area (Å²) in [5.41, 5.74) is 2.01. The third-order valence-corrected chi connectivity index (χ3v) is 7.79. The van der Waals surface area contributed by atoms with Gasteiger partial charge in [-0.15, -0.1) is 0 Å². The number of hydrogen-bond acceptors (Lipinski definition) is 5. The molecule has 0 aliphatic carbocycles. The van der Waals surface area contributed by atoms with Gasteiger partial charge in [-0.1, -0.05) is 11.8 Å². The van der Waals surface area contributed by atoms with Crippen LogP contribution in [0.4, 0.5) is 11.4 Å². The van der Waals surface area contributed by atoms with E-state index in [1.165, 1.54) is 18.7 Å². The number of hydrogen-bond donors (Lipinski definition) is 0. The van der Waals surface area contributed by atoms with Gasteiger partial charge >= 0.3 is 0 Å². The van der Waals surface area contributed by atoms with E-state index in [0.29, 0.717) is 5.17 Å². The van der Waals surface area contributed by atoms with Gasteiger partial charge in [0.2, 0.25) is 5.91 Å². The van der Waals surface area contributed by atoms with Crippen molar-refractivity contribution in [1.82, 2.24) is 0 Å². The molecular formula is C17H23N3O3S2. The first kappa shape index (κ1) is 18.3. The lowest BCUT2D eigenvalue weighted by Crippen LogP contribution is -2.37. The fourth-order valence-corrected chi connectivity index (χ4v) is 7.37. The third kappa shape index (κ3) is 3.69. The fourth-order valence-electron chi connectivity index (χ4n) is 3.41. The molecule has 2 aliphatic heterocycles. The van der Waals surface area contributed by atoms with E-state index in [1.807, 2.05) is 29.2 Å². The maximum Gasteiger partial charge on any atom is 0.244 e. The molecule has 2 atom stereocenters. The van der Waals surface area contributed by atoms with Gasteiger partial charge in [-0.2, -0.15) is 4.99 Å². The van der Waals surface area contributed by atoms with E-state index in [0.717, 1.165) is 24.5 Å². The van der Waals surface area contributed by atoms with Crippen molar-refractivity contribution in [2.75, 3.05) is 34.4 Å². The number of rotatable bonds is 4. The van der Waals surface area contributed by atoms with Crippen LogP contribution in [0.1, 0.15) is 20.8 Å². The van der Waals surface area contributed by atoms with Crippen molar-refractivity contribution in [3.63, 3.8) is 0 Å². The second-order valence-corrected chi connectivity index (χ2v) is 9.63. The van der Waals surface area contributed by atoms with E-state index in [2.05, 4.69) is 23.7 Å². The summed E-state index contributed by atoms with van der Waals surface area (Å²) < 4.78 is 24.0. The quantitative estimate of drug-likeness (QED) is 0.796. The number of amidine groups is 1. The molecule has 2 saturated heterocycles. The summed E-state index contributed by atoms with van der Waals surface area (Å²) in [6.45, 7) is 7.49. The second-order valence-electron chi connectivity index (χ2n) is 6.27. The molecule has 2 fully saturated rings. The summed E-state index contributed by atoms with van der Waals surface area (Å²) in [7, 11) is -3.04. The van der Waals surface area contributed by atoms with Crippen molar-refractivity contribution >= 4 is 44.0 Å². The lowest BCUT2D eigenvalue weighted by atomic mass is 10.2. The molecule has 0 saturated carbocycles. The number of nitrogens with zero attached hydrogens (tertiary/aromatic N) is 3. The summed E-state index contributed by atoms with van der Waals surface area (Å²) in [6.07, 6.45) is 0. The molecule has 0 spiro atoms. The van der Waals surface area contributed by atoms with Crippen molar-refractivity contribution in [2.24, 2.45) is 4.99 Å². The molecular weight excluding hydrogens is 358 g/mol. The Kier molecular flexibility index (Phi) is 5.11. The van der Waals surface area contributed by atoms with Crippen LogP contribution in [0.15, 0.2) is 29.3 Å². The van der Waals surface area contributed by atoms with Crippen LogP contribution >= 0.6 is 11.8 Å². The Labute approximate surface area is 153 Å². The number of amides is 1. The first-order valence-electron chi connectivity index (χ1n) is 8.45. The molecule has 0 bridgehead atoms. The third-order valence-electron chi connectivity index (χ3n) is 4.58. The molecule has 0 N–H and O–H groups in total. The number of carbonyl (C=O) groups is 1. The number of sulfone groups is 1. The number of fused-ring (bicyclic) bond motifs is 1. The van der Waals surface area contributed by atoms with Gasteiger partial charge in [0.1, 0.15) is 0 Å². The van der Waals surface area contributed by atoms with E-state index in [1.54, 1.807) is 0 Å². The van der Waals surface area contributed by atoms with Gasteiger partial charge in [0.25, 0.3) is 0 Å². The van der Waals surface area contributed by atoms with E-state index in [4.69, 9.17) is 0 Å². The Morgan fingerprint density at radius 1 is 1.24 bits per heavy atom. The Morgan fingerprint density at radius 2 is 1.88 bits per heavy atom. The Balaban J connectivity index is 1.95. The van der Waals surface area contributed by atoms with Crippen LogP contribution in [0.5, 0.6) is 0 Å². The summed E-state index contributed by atoms with van der Waals surface area (Å²) in [5.74, 6) is -0.0118. The van der Waals surface area contributed by atoms with Gasteiger partial charge < -0.3 is 9.80 Å². The Morgan fingerprint density at radius 3 is 2.44 bits per heavy atom. The minimum absolute atomic E-state index is 0.0643. The largest absolute Gasteiger partial charge is 0.372 e. The topological polar surface area (TPSA) is 70.0 Å². The average Bonchev–Trinajstić information content (AvgIpc) is 2.99. The maximum absolute atomic E-state index is 12.0. The monoisotopic (exact) mass is 381 g/mol. The molecule has 1 aromatic carbocycles. The lowest BCUT2D eigenvalue weighted by molar-refractivity contribution is -0.115. The first-order valence-corrected chi connectivity index (χ1v) is 11.1. The van der Waals surface area contributed by atoms with Crippen LogP contribution < -0.4 is 9.80 Å². The van der Waals surface area contributed by atoms with Crippen LogP contribution in [-0.2, 0) is 14.6 Å². The van der Waals surface area contributed by atoms with Crippen molar-refractivity contribution < 1.29 is 13.2 Å². The normalized spacial score (nSPS) is 26.0. The van der Waals surface area contributed by atoms with Gasteiger partial charge in [-0.3, -0.25) is 4.79 Å². The number of thioether (sulfide) groups is 1. The standard InChI is InChI=1S/C17H23N3O3S2/c1-4-19(5-2)13-6-8-14(9-7-13)20-15-10-25(22,23)11-16(15)24-17(20)18-12(3)21/h6-9,15-16H,4-5,10-11H2,1-3H3/t15-,16+/m1/s1. The van der Waals surface area contributed by atoms with Gasteiger partial charge in [-0.25, -0.2) is 8.42 Å². The van der Waals surface area contributed by atoms with E-state index in [-0.39, 0.29) is 28.7 Å². The van der Waals surface area contributed by atoms with Gasteiger partial charge in [0.15, 0.2) is 15.0 Å². The fraction of sp³-hybridized carbons (Fsp3) is 0.529. The number of benzene rings is 1. The molecule has 2 aliphatic rings. The highest BCUT2D eigenvalue weighted by atomic mass is 32.2. The lowest BCUT2D eigenvalue weighted by Gasteiger charge is -2.26. The van der Waals surface area contributed by atoms with E-state index in [9.17, 15) is 13.2 Å². The zero-order valence-electron chi connectivity index (χ0n) is 14.7. The van der Waals surface area contributed by atoms with E-state index >= 15 is 0 Å². The van der Waals surface area contributed by atoms with Crippen LogP contribution in [0.25, 0.3) is 0 Å². The summed E-state index contributed by atoms with van der Waals surface area (Å²) >= 11 is 1.40. The predicted molar refractivity (Wildman–Crippen MR) is 104 cm³/mol. The zero-order valence-corrected chi connectivity index (χ0v) is 16.3. The summed E-state index contributed by atoms with van der Waals surface area (Å²) in [4.78, 5) is 19.8. The highest BCUT2D eigenvalue weighted by molar-refractivity contribution is 8.16. The van der Waals surface area contributed by atoms with Crippen LogP contribution in [0, 0.1) is 0 Å². The summed E-state index contributed by atoms with van der Waals surface area (Å²) in [6, 6.07) is 7.88. The van der Waals surface area contributed by atoms with Gasteiger partial charge in [0, 0.05) is 36.6 Å². The predicted octanol–water partition coefficient (Wildman–Crippen LogP) is 2.15. The van der Waals surface area contributed by atoms with E-state index < -0.39 is 9.84 Å². The number of aliphatic imine (C=N–C) groups is 1. The molecule has 0 unspecified atom stereocenters. The molecule has 136 valence electrons. The maximum atomic E-state index is 12.0.